The van der Waals surface area contributed by atoms with Gasteiger partial charge in [-0.05, 0) is 0 Å². The summed E-state index contributed by atoms with van der Waals surface area (Å²) in [6.45, 7) is -0.599. The standard InChI is InChI=1S/C9H13NO6S/c11-3-4-5(12)6(13)7(14)9(15,16-4)8-10-1-2-17-8/h1-2,4-7,11-15H,3H2/t4-,5-,6+,7+,9-/m1/s1. The van der Waals surface area contributed by atoms with E-state index >= 15 is 0 Å². The highest BCUT2D eigenvalue weighted by Gasteiger charge is 2.55. The molecule has 0 aliphatic carbocycles. The molecule has 1 saturated heterocycles. The number of hydrogen-bond donors (Lipinski definition) is 5. The van der Waals surface area contributed by atoms with E-state index in [1.165, 1.54) is 6.20 Å². The van der Waals surface area contributed by atoms with E-state index in [1.807, 2.05) is 0 Å². The summed E-state index contributed by atoms with van der Waals surface area (Å²) >= 11 is 1.03. The highest BCUT2D eigenvalue weighted by molar-refractivity contribution is 7.09. The Labute approximate surface area is 101 Å². The fourth-order valence-corrected chi connectivity index (χ4v) is 2.44. The molecule has 0 radical (unpaired) electrons. The summed E-state index contributed by atoms with van der Waals surface area (Å²) in [6.07, 6.45) is -4.64. The van der Waals surface area contributed by atoms with Gasteiger partial charge in [0, 0.05) is 11.6 Å². The number of nitrogens with zero attached hydrogens (tertiary/aromatic N) is 1. The van der Waals surface area contributed by atoms with Crippen LogP contribution in [-0.4, -0.2) is 61.5 Å². The summed E-state index contributed by atoms with van der Waals surface area (Å²) in [5, 5.41) is 49.7. The third-order valence-corrected chi connectivity index (χ3v) is 3.58. The lowest BCUT2D eigenvalue weighted by atomic mass is 9.93. The Balaban J connectivity index is 2.34. The van der Waals surface area contributed by atoms with Crippen LogP contribution in [0.15, 0.2) is 11.6 Å². The molecule has 1 aliphatic heterocycles. The van der Waals surface area contributed by atoms with Gasteiger partial charge in [-0.1, -0.05) is 0 Å². The van der Waals surface area contributed by atoms with Gasteiger partial charge in [-0.2, -0.15) is 0 Å². The SMILES string of the molecule is OC[C@H]1O[C@@](O)(c2nccs2)[C@@H](O)[C@@H](O)[C@@H]1O. The molecule has 1 aromatic rings. The van der Waals surface area contributed by atoms with Crippen molar-refractivity contribution in [2.75, 3.05) is 6.61 Å². The van der Waals surface area contributed by atoms with Crippen LogP contribution in [0.4, 0.5) is 0 Å². The van der Waals surface area contributed by atoms with E-state index in [9.17, 15) is 20.4 Å². The number of hydrogen-bond acceptors (Lipinski definition) is 8. The van der Waals surface area contributed by atoms with Crippen LogP contribution >= 0.6 is 11.3 Å². The van der Waals surface area contributed by atoms with Crippen LogP contribution in [-0.2, 0) is 10.5 Å². The van der Waals surface area contributed by atoms with Crippen molar-refractivity contribution in [3.8, 4) is 0 Å². The van der Waals surface area contributed by atoms with Crippen LogP contribution in [0.2, 0.25) is 0 Å². The molecule has 0 aromatic carbocycles. The largest absolute Gasteiger partial charge is 0.394 e. The molecule has 0 amide bonds. The Morgan fingerprint density at radius 3 is 2.59 bits per heavy atom. The van der Waals surface area contributed by atoms with Gasteiger partial charge >= 0.3 is 0 Å². The van der Waals surface area contributed by atoms with Crippen LogP contribution < -0.4 is 0 Å². The lowest BCUT2D eigenvalue weighted by Crippen LogP contribution is -2.63. The van der Waals surface area contributed by atoms with Crippen molar-refractivity contribution in [2.24, 2.45) is 0 Å². The topological polar surface area (TPSA) is 123 Å². The van der Waals surface area contributed by atoms with Gasteiger partial charge < -0.3 is 30.3 Å². The molecule has 17 heavy (non-hydrogen) atoms. The number of ether oxygens (including phenoxy) is 1. The van der Waals surface area contributed by atoms with E-state index in [2.05, 4.69) is 4.98 Å². The quantitative estimate of drug-likeness (QED) is 0.409. The number of aliphatic hydroxyl groups is 5. The Morgan fingerprint density at radius 1 is 1.35 bits per heavy atom. The summed E-state index contributed by atoms with van der Waals surface area (Å²) in [4.78, 5) is 3.80. The minimum atomic E-state index is -2.22. The van der Waals surface area contributed by atoms with E-state index in [0.717, 1.165) is 11.3 Å². The molecule has 8 heteroatoms. The first-order valence-corrected chi connectivity index (χ1v) is 5.84. The average Bonchev–Trinajstić information content (AvgIpc) is 2.85. The Bertz CT molecular complexity index is 372. The number of thiazole rings is 1. The minimum absolute atomic E-state index is 0.0504. The first-order chi connectivity index (χ1) is 8.00. The molecule has 5 N–H and O–H groups in total. The second kappa shape index (κ2) is 4.58. The molecule has 0 unspecified atom stereocenters. The summed E-state index contributed by atoms with van der Waals surface area (Å²) in [5.74, 6) is -2.22. The van der Waals surface area contributed by atoms with E-state index in [-0.39, 0.29) is 5.01 Å². The molecule has 7 nitrogen and oxygen atoms in total. The van der Waals surface area contributed by atoms with Crippen molar-refractivity contribution >= 4 is 11.3 Å². The van der Waals surface area contributed by atoms with Crippen molar-refractivity contribution in [1.29, 1.82) is 0 Å². The molecule has 0 spiro atoms. The van der Waals surface area contributed by atoms with Gasteiger partial charge in [0.2, 0.25) is 5.79 Å². The second-order valence-electron chi connectivity index (χ2n) is 3.80. The van der Waals surface area contributed by atoms with Crippen molar-refractivity contribution in [3.63, 3.8) is 0 Å². The molecule has 0 bridgehead atoms. The van der Waals surface area contributed by atoms with Crippen molar-refractivity contribution in [1.82, 2.24) is 4.98 Å². The third-order valence-electron chi connectivity index (χ3n) is 2.70. The zero-order valence-electron chi connectivity index (χ0n) is 8.67. The highest BCUT2D eigenvalue weighted by atomic mass is 32.1. The second-order valence-corrected chi connectivity index (χ2v) is 4.69. The normalized spacial score (nSPS) is 42.6. The molecule has 5 atom stereocenters. The van der Waals surface area contributed by atoms with Crippen molar-refractivity contribution in [3.05, 3.63) is 16.6 Å². The van der Waals surface area contributed by atoms with Crippen LogP contribution in [0.1, 0.15) is 5.01 Å². The maximum Gasteiger partial charge on any atom is 0.249 e. The average molecular weight is 263 g/mol. The first-order valence-electron chi connectivity index (χ1n) is 4.96. The summed E-state index contributed by atoms with van der Waals surface area (Å²) in [6, 6.07) is 0. The number of aromatic nitrogens is 1. The fourth-order valence-electron chi connectivity index (χ4n) is 1.73. The maximum absolute atomic E-state index is 10.2. The van der Waals surface area contributed by atoms with Gasteiger partial charge in [0.25, 0.3) is 0 Å². The van der Waals surface area contributed by atoms with Gasteiger partial charge in [-0.3, -0.25) is 0 Å². The molecular formula is C9H13NO6S. The maximum atomic E-state index is 10.2. The van der Waals surface area contributed by atoms with Crippen LogP contribution in [0.5, 0.6) is 0 Å². The van der Waals surface area contributed by atoms with Gasteiger partial charge in [0.1, 0.15) is 24.4 Å². The van der Waals surface area contributed by atoms with E-state index in [4.69, 9.17) is 9.84 Å². The zero-order valence-corrected chi connectivity index (χ0v) is 9.49. The van der Waals surface area contributed by atoms with E-state index in [1.54, 1.807) is 5.38 Å². The highest BCUT2D eigenvalue weighted by Crippen LogP contribution is 2.36. The molecule has 1 aromatic heterocycles. The Morgan fingerprint density at radius 2 is 2.06 bits per heavy atom. The van der Waals surface area contributed by atoms with Gasteiger partial charge in [-0.15, -0.1) is 11.3 Å². The lowest BCUT2D eigenvalue weighted by molar-refractivity contribution is -0.357. The first kappa shape index (κ1) is 12.8. The summed E-state index contributed by atoms with van der Waals surface area (Å²) < 4.78 is 5.06. The van der Waals surface area contributed by atoms with E-state index in [0.29, 0.717) is 0 Å². The van der Waals surface area contributed by atoms with Crippen molar-refractivity contribution in [2.45, 2.75) is 30.2 Å². The summed E-state index contributed by atoms with van der Waals surface area (Å²) in [5.41, 5.74) is 0. The molecule has 2 rings (SSSR count). The zero-order chi connectivity index (χ0) is 12.6. The lowest BCUT2D eigenvalue weighted by Gasteiger charge is -2.44. The van der Waals surface area contributed by atoms with Crippen LogP contribution in [0.25, 0.3) is 0 Å². The van der Waals surface area contributed by atoms with E-state index < -0.39 is 36.8 Å². The van der Waals surface area contributed by atoms with Gasteiger partial charge in [-0.25, -0.2) is 4.98 Å². The molecule has 1 aliphatic rings. The van der Waals surface area contributed by atoms with Gasteiger partial charge in [0.15, 0.2) is 5.01 Å². The predicted octanol–water partition coefficient (Wildman–Crippen LogP) is -2.24. The molecule has 0 saturated carbocycles. The van der Waals surface area contributed by atoms with Crippen molar-refractivity contribution < 1.29 is 30.3 Å². The number of rotatable bonds is 2. The predicted molar refractivity (Wildman–Crippen MR) is 56.0 cm³/mol. The molecular weight excluding hydrogens is 250 g/mol. The number of aliphatic hydroxyl groups excluding tert-OH is 4. The fraction of sp³-hybridized carbons (Fsp3) is 0.667. The molecule has 1 fully saturated rings. The third kappa shape index (κ3) is 1.97. The minimum Gasteiger partial charge on any atom is -0.394 e. The smallest absolute Gasteiger partial charge is 0.249 e. The molecule has 2 heterocycles. The Hall–Kier alpha value is -0.610. The monoisotopic (exact) mass is 263 g/mol. The van der Waals surface area contributed by atoms with Crippen LogP contribution in [0, 0.1) is 0 Å². The Kier molecular flexibility index (Phi) is 3.46. The summed E-state index contributed by atoms with van der Waals surface area (Å²) in [7, 11) is 0. The van der Waals surface area contributed by atoms with Gasteiger partial charge in [0.05, 0.1) is 6.61 Å². The van der Waals surface area contributed by atoms with Crippen LogP contribution in [0.3, 0.4) is 0 Å². The molecule has 96 valence electrons.